The Balaban J connectivity index is 1.82. The number of H-pyrrole nitrogens is 1. The van der Waals surface area contributed by atoms with Gasteiger partial charge in [-0.1, -0.05) is 29.8 Å². The lowest BCUT2D eigenvalue weighted by Crippen LogP contribution is -2.42. The third-order valence-corrected chi connectivity index (χ3v) is 7.05. The molecular formula is C21H25ClF2N3O9P. The largest absolute Gasteiger partial charge is 0.462 e. The molecule has 0 spiro atoms. The number of ether oxygens (including phenoxy) is 2. The minimum Gasteiger partial charge on any atom is -0.462 e. The summed E-state index contributed by atoms with van der Waals surface area (Å²) in [5, 5.41) is 9.62. The van der Waals surface area contributed by atoms with Crippen LogP contribution < -0.4 is 20.9 Å². The zero-order chi connectivity index (χ0) is 27.5. The van der Waals surface area contributed by atoms with E-state index >= 15 is 4.39 Å². The van der Waals surface area contributed by atoms with Crippen LogP contribution in [0, 0.1) is 5.82 Å². The van der Waals surface area contributed by atoms with Crippen molar-refractivity contribution < 1.29 is 41.8 Å². The van der Waals surface area contributed by atoms with E-state index in [1.807, 2.05) is 0 Å². The number of hydrogen-bond acceptors (Lipinski definition) is 9. The van der Waals surface area contributed by atoms with Crippen LogP contribution in [0.25, 0.3) is 0 Å². The molecule has 0 unspecified atom stereocenters. The Hall–Kier alpha value is -2.61. The Morgan fingerprint density at radius 2 is 1.97 bits per heavy atom. The SMILES string of the molecule is CC(C)OC(=O)[C@H](C)N[P@@](=O)(OC[C@H]1O[C@@H](n2cc(F)c(=O)[nH]c2=O)[C@@](F)(Cl)[C@@H]1O)Oc1ccccc1. The van der Waals surface area contributed by atoms with E-state index in [0.717, 1.165) is 0 Å². The molecular weight excluding hydrogens is 543 g/mol. The van der Waals surface area contributed by atoms with Crippen molar-refractivity contribution in [2.24, 2.45) is 0 Å². The van der Waals surface area contributed by atoms with Gasteiger partial charge in [-0.25, -0.2) is 13.8 Å². The van der Waals surface area contributed by atoms with Gasteiger partial charge in [-0.15, -0.1) is 0 Å². The van der Waals surface area contributed by atoms with E-state index in [0.29, 0.717) is 10.8 Å². The van der Waals surface area contributed by atoms with Gasteiger partial charge in [-0.3, -0.25) is 23.7 Å². The molecule has 2 heterocycles. The molecule has 0 saturated carbocycles. The van der Waals surface area contributed by atoms with Gasteiger partial charge in [0.1, 0.15) is 24.0 Å². The molecule has 1 saturated heterocycles. The number of nitrogens with one attached hydrogen (secondary N) is 2. The Morgan fingerprint density at radius 3 is 2.59 bits per heavy atom. The lowest BCUT2D eigenvalue weighted by atomic mass is 10.1. The highest BCUT2D eigenvalue weighted by molar-refractivity contribution is 7.52. The number of aromatic nitrogens is 2. The van der Waals surface area contributed by atoms with E-state index < -0.39 is 73.1 Å². The van der Waals surface area contributed by atoms with Gasteiger partial charge < -0.3 is 19.1 Å². The number of hydrogen-bond donors (Lipinski definition) is 3. The van der Waals surface area contributed by atoms with E-state index in [2.05, 4.69) is 5.09 Å². The van der Waals surface area contributed by atoms with Crippen LogP contribution in [0.15, 0.2) is 46.1 Å². The first-order valence-electron chi connectivity index (χ1n) is 10.9. The standard InChI is InChI=1S/C21H25ClF2N3O9P/c1-11(2)34-18(30)12(3)26-37(32,36-13-7-5-4-6-8-13)33-10-15-16(28)21(22,24)19(35-15)27-9-14(23)17(29)25-20(27)31/h4-9,11-12,15-16,19,28H,10H2,1-3H3,(H,26,32)(H,25,29,31)/t12-,15+,16+,19+,21+,37+/m0/s1. The van der Waals surface area contributed by atoms with Crippen LogP contribution in [0.4, 0.5) is 8.78 Å². The molecule has 12 nitrogen and oxygen atoms in total. The number of para-hydroxylation sites is 1. The summed E-state index contributed by atoms with van der Waals surface area (Å²) in [5.41, 5.74) is -2.61. The van der Waals surface area contributed by atoms with Crippen molar-refractivity contribution in [3.05, 3.63) is 63.2 Å². The number of rotatable bonds is 10. The average Bonchev–Trinajstić information content (AvgIpc) is 3.03. The molecule has 3 rings (SSSR count). The van der Waals surface area contributed by atoms with Crippen molar-refractivity contribution in [2.75, 3.05) is 6.61 Å². The monoisotopic (exact) mass is 567 g/mol. The topological polar surface area (TPSA) is 158 Å². The Kier molecular flexibility index (Phi) is 8.93. The zero-order valence-electron chi connectivity index (χ0n) is 19.8. The van der Waals surface area contributed by atoms with Gasteiger partial charge in [0.25, 0.3) is 10.7 Å². The minimum atomic E-state index is -4.41. The lowest BCUT2D eigenvalue weighted by Gasteiger charge is -2.25. The first-order chi connectivity index (χ1) is 17.2. The summed E-state index contributed by atoms with van der Waals surface area (Å²) in [7, 11) is -4.41. The Morgan fingerprint density at radius 1 is 1.32 bits per heavy atom. The Labute approximate surface area is 214 Å². The van der Waals surface area contributed by atoms with Gasteiger partial charge in [0.15, 0.2) is 6.23 Å². The fourth-order valence-corrected chi connectivity index (χ4v) is 5.05. The van der Waals surface area contributed by atoms with Gasteiger partial charge in [-0.05, 0) is 32.9 Å². The molecule has 37 heavy (non-hydrogen) atoms. The van der Waals surface area contributed by atoms with Crippen molar-refractivity contribution in [3.63, 3.8) is 0 Å². The molecule has 204 valence electrons. The normalized spacial score (nSPS) is 26.0. The average molecular weight is 568 g/mol. The van der Waals surface area contributed by atoms with Gasteiger partial charge in [0.2, 0.25) is 5.82 Å². The number of carbonyl (C=O) groups is 1. The maximum Gasteiger partial charge on any atom is 0.459 e. The Bertz CT molecular complexity index is 1270. The van der Waals surface area contributed by atoms with Crippen molar-refractivity contribution >= 4 is 25.3 Å². The fraction of sp³-hybridized carbons (Fsp3) is 0.476. The smallest absolute Gasteiger partial charge is 0.459 e. The van der Waals surface area contributed by atoms with E-state index in [1.54, 1.807) is 37.0 Å². The summed E-state index contributed by atoms with van der Waals surface area (Å²) in [6, 6.07) is 6.55. The van der Waals surface area contributed by atoms with Crippen molar-refractivity contribution in [2.45, 2.75) is 56.5 Å². The zero-order valence-corrected chi connectivity index (χ0v) is 21.4. The molecule has 3 N–H and O–H groups in total. The number of aliphatic hydroxyl groups is 1. The number of benzene rings is 1. The van der Waals surface area contributed by atoms with E-state index in [1.165, 1.54) is 19.1 Å². The van der Waals surface area contributed by atoms with Gasteiger partial charge in [0.05, 0.1) is 18.9 Å². The molecule has 0 radical (unpaired) electrons. The molecule has 0 aliphatic carbocycles. The quantitative estimate of drug-likeness (QED) is 0.220. The van der Waals surface area contributed by atoms with Gasteiger partial charge >= 0.3 is 19.4 Å². The first-order valence-corrected chi connectivity index (χ1v) is 12.9. The molecule has 16 heteroatoms. The fourth-order valence-electron chi connectivity index (χ4n) is 3.25. The van der Waals surface area contributed by atoms with Crippen molar-refractivity contribution in [1.82, 2.24) is 14.6 Å². The van der Waals surface area contributed by atoms with Crippen LogP contribution in [-0.2, 0) is 23.4 Å². The third kappa shape index (κ3) is 6.83. The highest BCUT2D eigenvalue weighted by Gasteiger charge is 2.58. The van der Waals surface area contributed by atoms with Gasteiger partial charge in [-0.2, -0.15) is 9.48 Å². The number of alkyl halides is 2. The van der Waals surface area contributed by atoms with E-state index in [4.69, 9.17) is 30.1 Å². The minimum absolute atomic E-state index is 0.0842. The summed E-state index contributed by atoms with van der Waals surface area (Å²) in [6.07, 6.45) is -6.02. The van der Waals surface area contributed by atoms with Crippen LogP contribution in [0.5, 0.6) is 5.75 Å². The predicted octanol–water partition coefficient (Wildman–Crippen LogP) is 1.97. The van der Waals surface area contributed by atoms with Crippen molar-refractivity contribution in [3.8, 4) is 5.75 Å². The molecule has 0 amide bonds. The second-order valence-electron chi connectivity index (χ2n) is 8.32. The summed E-state index contributed by atoms with van der Waals surface area (Å²) < 4.78 is 63.9. The molecule has 1 aromatic heterocycles. The highest BCUT2D eigenvalue weighted by atomic mass is 35.5. The summed E-state index contributed by atoms with van der Waals surface area (Å²) in [6.45, 7) is 3.75. The van der Waals surface area contributed by atoms with Crippen LogP contribution >= 0.6 is 19.3 Å². The van der Waals surface area contributed by atoms with E-state index in [-0.39, 0.29) is 5.75 Å². The lowest BCUT2D eigenvalue weighted by molar-refractivity contribution is -0.149. The predicted molar refractivity (Wildman–Crippen MR) is 125 cm³/mol. The van der Waals surface area contributed by atoms with Crippen LogP contribution in [0.1, 0.15) is 27.0 Å². The molecule has 1 fully saturated rings. The number of halogens is 3. The maximum atomic E-state index is 15.2. The molecule has 1 aromatic carbocycles. The first kappa shape index (κ1) is 29.0. The van der Waals surface area contributed by atoms with Crippen LogP contribution in [0.2, 0.25) is 0 Å². The van der Waals surface area contributed by atoms with Gasteiger partial charge in [0, 0.05) is 0 Å². The van der Waals surface area contributed by atoms with Crippen molar-refractivity contribution in [1.29, 1.82) is 0 Å². The second kappa shape index (κ2) is 11.4. The summed E-state index contributed by atoms with van der Waals surface area (Å²) in [5.74, 6) is -2.12. The molecule has 2 aromatic rings. The molecule has 6 atom stereocenters. The summed E-state index contributed by atoms with van der Waals surface area (Å²) in [4.78, 5) is 37.2. The number of nitrogens with zero attached hydrogens (tertiary/aromatic N) is 1. The number of aromatic amines is 1. The third-order valence-electron chi connectivity index (χ3n) is 4.99. The molecule has 1 aliphatic rings. The highest BCUT2D eigenvalue weighted by Crippen LogP contribution is 2.48. The maximum absolute atomic E-state index is 15.2. The second-order valence-corrected chi connectivity index (χ2v) is 10.6. The number of carbonyl (C=O) groups excluding carboxylic acids is 1. The van der Waals surface area contributed by atoms with Crippen LogP contribution in [0.3, 0.4) is 0 Å². The summed E-state index contributed by atoms with van der Waals surface area (Å²) >= 11 is 5.78. The molecule has 0 bridgehead atoms. The number of esters is 1. The number of aliphatic hydroxyl groups excluding tert-OH is 1. The molecule has 1 aliphatic heterocycles. The van der Waals surface area contributed by atoms with E-state index in [9.17, 15) is 28.4 Å². The van der Waals surface area contributed by atoms with Crippen LogP contribution in [-0.4, -0.2) is 56.7 Å².